The van der Waals surface area contributed by atoms with Crippen LogP contribution in [0.5, 0.6) is 0 Å². The molecule has 148 valence electrons. The molecule has 6 nitrogen and oxygen atoms in total. The van der Waals surface area contributed by atoms with Crippen molar-refractivity contribution >= 4 is 28.4 Å². The largest absolute Gasteiger partial charge is 0.350 e. The van der Waals surface area contributed by atoms with E-state index in [2.05, 4.69) is 40.2 Å². The number of H-pyrrole nitrogens is 1. The fraction of sp³-hybridized carbons (Fsp3) is 0.227. The summed E-state index contributed by atoms with van der Waals surface area (Å²) >= 11 is 5.88. The van der Waals surface area contributed by atoms with Gasteiger partial charge in [0.25, 0.3) is 11.8 Å². The van der Waals surface area contributed by atoms with Gasteiger partial charge in [-0.2, -0.15) is 4.98 Å². The summed E-state index contributed by atoms with van der Waals surface area (Å²) in [6.07, 6.45) is 0.498. The summed E-state index contributed by atoms with van der Waals surface area (Å²) in [6.45, 7) is 4.58. The van der Waals surface area contributed by atoms with Crippen molar-refractivity contribution in [3.8, 4) is 11.6 Å². The van der Waals surface area contributed by atoms with Crippen LogP contribution in [-0.4, -0.2) is 39.5 Å². The minimum atomic E-state index is -0.0767. The molecule has 0 spiro atoms. The predicted molar refractivity (Wildman–Crippen MR) is 113 cm³/mol. The summed E-state index contributed by atoms with van der Waals surface area (Å²) in [5.74, 6) is 0.940. The van der Waals surface area contributed by atoms with Crippen LogP contribution in [0.2, 0.25) is 5.02 Å². The number of aromatic amines is 1. The molecule has 0 saturated heterocycles. The number of amides is 1. The molecule has 4 aromatic rings. The standard InChI is InChI=1S/C22H21ClN4O2/c1-13-4-9-18-17(12-13)14(2)20(24-18)21-25-19(26-29-21)10-11-27(3)22(28)15-5-7-16(23)8-6-15/h4-9,12,24H,10-11H2,1-3H3. The smallest absolute Gasteiger partial charge is 0.274 e. The average Bonchev–Trinajstić information content (AvgIpc) is 3.31. The number of rotatable bonds is 5. The highest BCUT2D eigenvalue weighted by atomic mass is 35.5. The number of benzene rings is 2. The van der Waals surface area contributed by atoms with Crippen LogP contribution in [0.4, 0.5) is 0 Å². The number of nitrogens with zero attached hydrogens (tertiary/aromatic N) is 3. The summed E-state index contributed by atoms with van der Waals surface area (Å²) in [5, 5.41) is 5.82. The lowest BCUT2D eigenvalue weighted by Gasteiger charge is -2.16. The third kappa shape index (κ3) is 3.89. The highest BCUT2D eigenvalue weighted by Gasteiger charge is 2.17. The Morgan fingerprint density at radius 2 is 1.93 bits per heavy atom. The van der Waals surface area contributed by atoms with Crippen molar-refractivity contribution in [1.82, 2.24) is 20.0 Å². The van der Waals surface area contributed by atoms with E-state index in [1.807, 2.05) is 6.92 Å². The minimum absolute atomic E-state index is 0.0767. The maximum Gasteiger partial charge on any atom is 0.274 e. The van der Waals surface area contributed by atoms with Crippen molar-refractivity contribution in [3.05, 3.63) is 70.0 Å². The van der Waals surface area contributed by atoms with E-state index in [1.54, 1.807) is 36.2 Å². The fourth-order valence-corrected chi connectivity index (χ4v) is 3.42. The lowest BCUT2D eigenvalue weighted by molar-refractivity contribution is 0.0796. The second-order valence-electron chi connectivity index (χ2n) is 7.17. The lowest BCUT2D eigenvalue weighted by Crippen LogP contribution is -2.29. The number of nitrogens with one attached hydrogen (secondary N) is 1. The summed E-state index contributed by atoms with van der Waals surface area (Å²) in [5.41, 5.74) is 4.74. The van der Waals surface area contributed by atoms with Crippen LogP contribution in [0, 0.1) is 13.8 Å². The maximum absolute atomic E-state index is 12.5. The Morgan fingerprint density at radius 3 is 2.69 bits per heavy atom. The van der Waals surface area contributed by atoms with Gasteiger partial charge in [0.2, 0.25) is 0 Å². The van der Waals surface area contributed by atoms with Gasteiger partial charge in [-0.05, 0) is 55.8 Å². The van der Waals surface area contributed by atoms with E-state index in [4.69, 9.17) is 16.1 Å². The van der Waals surface area contributed by atoms with Crippen molar-refractivity contribution in [3.63, 3.8) is 0 Å². The van der Waals surface area contributed by atoms with E-state index in [9.17, 15) is 4.79 Å². The zero-order valence-corrected chi connectivity index (χ0v) is 17.2. The molecule has 0 fully saturated rings. The van der Waals surface area contributed by atoms with Crippen LogP contribution >= 0.6 is 11.6 Å². The van der Waals surface area contributed by atoms with Crippen LogP contribution in [0.1, 0.15) is 27.3 Å². The van der Waals surface area contributed by atoms with Crippen molar-refractivity contribution in [1.29, 1.82) is 0 Å². The first kappa shape index (κ1) is 19.2. The van der Waals surface area contributed by atoms with Gasteiger partial charge in [-0.15, -0.1) is 0 Å². The Labute approximate surface area is 173 Å². The van der Waals surface area contributed by atoms with Gasteiger partial charge in [0.05, 0.1) is 0 Å². The quantitative estimate of drug-likeness (QED) is 0.514. The summed E-state index contributed by atoms with van der Waals surface area (Å²) in [4.78, 5) is 22.0. The number of aromatic nitrogens is 3. The van der Waals surface area contributed by atoms with Crippen LogP contribution < -0.4 is 0 Å². The number of hydrogen-bond acceptors (Lipinski definition) is 4. The Hall–Kier alpha value is -3.12. The molecule has 1 amide bonds. The summed E-state index contributed by atoms with van der Waals surface area (Å²) in [6, 6.07) is 13.1. The molecule has 4 rings (SSSR count). The monoisotopic (exact) mass is 408 g/mol. The number of likely N-dealkylation sites (N-methyl/N-ethyl adjacent to an activating group) is 1. The Bertz CT molecular complexity index is 1180. The van der Waals surface area contributed by atoms with Crippen LogP contribution in [0.3, 0.4) is 0 Å². The zero-order chi connectivity index (χ0) is 20.5. The van der Waals surface area contributed by atoms with Gasteiger partial charge in [0.1, 0.15) is 5.69 Å². The number of halogens is 1. The van der Waals surface area contributed by atoms with Gasteiger partial charge in [-0.1, -0.05) is 28.4 Å². The molecule has 0 aliphatic carbocycles. The number of carbonyl (C=O) groups excluding carboxylic acids is 1. The third-order valence-corrected chi connectivity index (χ3v) is 5.26. The summed E-state index contributed by atoms with van der Waals surface area (Å²) in [7, 11) is 1.75. The molecule has 0 bridgehead atoms. The van der Waals surface area contributed by atoms with Gasteiger partial charge in [-0.3, -0.25) is 4.79 Å². The normalized spacial score (nSPS) is 11.2. The number of aryl methyl sites for hydroxylation is 2. The van der Waals surface area contributed by atoms with Crippen molar-refractivity contribution in [2.45, 2.75) is 20.3 Å². The maximum atomic E-state index is 12.5. The fourth-order valence-electron chi connectivity index (χ4n) is 3.29. The topological polar surface area (TPSA) is 75.0 Å². The number of fused-ring (bicyclic) bond motifs is 1. The Balaban J connectivity index is 1.46. The molecule has 2 heterocycles. The SMILES string of the molecule is Cc1ccc2[nH]c(-c3nc(CCN(C)C(=O)c4ccc(Cl)cc4)no3)c(C)c2c1. The molecular formula is C22H21ClN4O2. The van der Waals surface area contributed by atoms with Gasteiger partial charge >= 0.3 is 0 Å². The third-order valence-electron chi connectivity index (χ3n) is 5.00. The molecule has 29 heavy (non-hydrogen) atoms. The number of carbonyl (C=O) groups is 1. The van der Waals surface area contributed by atoms with Crippen LogP contribution in [0.25, 0.3) is 22.5 Å². The van der Waals surface area contributed by atoms with E-state index in [0.717, 1.165) is 22.2 Å². The van der Waals surface area contributed by atoms with E-state index < -0.39 is 0 Å². The molecule has 0 atom stereocenters. The molecule has 0 saturated carbocycles. The van der Waals surface area contributed by atoms with E-state index in [1.165, 1.54) is 5.56 Å². The molecule has 0 radical (unpaired) electrons. The van der Waals surface area contributed by atoms with Gasteiger partial charge in [0, 0.05) is 41.5 Å². The van der Waals surface area contributed by atoms with Crippen LogP contribution in [-0.2, 0) is 6.42 Å². The van der Waals surface area contributed by atoms with Gasteiger partial charge in [0.15, 0.2) is 5.82 Å². The Morgan fingerprint density at radius 1 is 1.17 bits per heavy atom. The first-order chi connectivity index (χ1) is 13.9. The average molecular weight is 409 g/mol. The van der Waals surface area contributed by atoms with Gasteiger partial charge < -0.3 is 14.4 Å². The molecule has 0 aliphatic rings. The second-order valence-corrected chi connectivity index (χ2v) is 7.61. The van der Waals surface area contributed by atoms with Crippen molar-refractivity contribution < 1.29 is 9.32 Å². The zero-order valence-electron chi connectivity index (χ0n) is 16.5. The first-order valence-electron chi connectivity index (χ1n) is 9.35. The number of hydrogen-bond donors (Lipinski definition) is 1. The predicted octanol–water partition coefficient (Wildman–Crippen LogP) is 4.80. The van der Waals surface area contributed by atoms with Crippen LogP contribution in [0.15, 0.2) is 47.0 Å². The molecule has 0 aliphatic heterocycles. The molecule has 2 aromatic heterocycles. The minimum Gasteiger partial charge on any atom is -0.350 e. The first-order valence-corrected chi connectivity index (χ1v) is 9.73. The molecule has 7 heteroatoms. The van der Waals surface area contributed by atoms with E-state index in [-0.39, 0.29) is 5.91 Å². The van der Waals surface area contributed by atoms with Gasteiger partial charge in [-0.25, -0.2) is 0 Å². The highest BCUT2D eigenvalue weighted by Crippen LogP contribution is 2.29. The lowest BCUT2D eigenvalue weighted by atomic mass is 10.1. The molecule has 1 N–H and O–H groups in total. The summed E-state index contributed by atoms with van der Waals surface area (Å²) < 4.78 is 5.47. The van der Waals surface area contributed by atoms with E-state index in [0.29, 0.717) is 35.3 Å². The van der Waals surface area contributed by atoms with Crippen molar-refractivity contribution in [2.75, 3.05) is 13.6 Å². The molecule has 2 aromatic carbocycles. The van der Waals surface area contributed by atoms with Crippen molar-refractivity contribution in [2.24, 2.45) is 0 Å². The molecule has 0 unspecified atom stereocenters. The molecular weight excluding hydrogens is 388 g/mol. The van der Waals surface area contributed by atoms with E-state index >= 15 is 0 Å². The second kappa shape index (κ2) is 7.72. The highest BCUT2D eigenvalue weighted by molar-refractivity contribution is 6.30. The Kier molecular flexibility index (Phi) is 5.11.